The molecule has 176 valence electrons. The van der Waals surface area contributed by atoms with Crippen molar-refractivity contribution in [2.75, 3.05) is 13.7 Å². The maximum atomic E-state index is 11.8. The molecule has 0 N–H and O–H groups in total. The predicted molar refractivity (Wildman–Crippen MR) is 106 cm³/mol. The topological polar surface area (TPSA) is 133 Å². The summed E-state index contributed by atoms with van der Waals surface area (Å²) in [7, 11) is 1.44. The minimum Gasteiger partial charge on any atom is -0.493 e. The van der Waals surface area contributed by atoms with Gasteiger partial charge >= 0.3 is 23.9 Å². The van der Waals surface area contributed by atoms with E-state index in [9.17, 15) is 19.2 Å². The van der Waals surface area contributed by atoms with Crippen molar-refractivity contribution < 1.29 is 52.3 Å². The van der Waals surface area contributed by atoms with E-state index in [4.69, 9.17) is 33.2 Å². The molecule has 11 nitrogen and oxygen atoms in total. The van der Waals surface area contributed by atoms with Gasteiger partial charge in [-0.15, -0.1) is 0 Å². The summed E-state index contributed by atoms with van der Waals surface area (Å²) in [5, 5.41) is 0. The van der Waals surface area contributed by atoms with Gasteiger partial charge in [-0.05, 0) is 12.1 Å². The van der Waals surface area contributed by atoms with Gasteiger partial charge in [-0.1, -0.05) is 12.1 Å². The van der Waals surface area contributed by atoms with E-state index < -0.39 is 54.6 Å². The van der Waals surface area contributed by atoms with Gasteiger partial charge in [0.25, 0.3) is 0 Å². The van der Waals surface area contributed by atoms with Crippen molar-refractivity contribution in [2.24, 2.45) is 0 Å². The number of esters is 4. The fourth-order valence-electron chi connectivity index (χ4n) is 3.12. The minimum absolute atomic E-state index is 0.246. The maximum absolute atomic E-state index is 11.8. The molecule has 1 aliphatic heterocycles. The average molecular weight is 454 g/mol. The normalized spacial score (nSPS) is 24.6. The molecule has 1 fully saturated rings. The Hall–Kier alpha value is -3.34. The van der Waals surface area contributed by atoms with Gasteiger partial charge in [-0.3, -0.25) is 19.2 Å². The molecule has 1 aromatic carbocycles. The standard InChI is InChI=1S/C21H26O11/c1-11(22)27-10-17-18(28-12(2)23)19(29-13(3)24)20(30-14(4)25)21(32-17)31-16-9-7-6-8-15(16)26-5/h6-9,17-21H,10H2,1-5H3/t17-,18-,19-,20-,21+/m0/s1. The molecule has 1 aromatic rings. The summed E-state index contributed by atoms with van der Waals surface area (Å²) in [6, 6.07) is 6.63. The van der Waals surface area contributed by atoms with E-state index in [2.05, 4.69) is 0 Å². The monoisotopic (exact) mass is 454 g/mol. The van der Waals surface area contributed by atoms with Gasteiger partial charge in [0.15, 0.2) is 23.7 Å². The molecule has 1 aliphatic rings. The zero-order chi connectivity index (χ0) is 23.8. The van der Waals surface area contributed by atoms with Gasteiger partial charge in [0.1, 0.15) is 12.7 Å². The molecule has 0 aliphatic carbocycles. The summed E-state index contributed by atoms with van der Waals surface area (Å²) in [4.78, 5) is 46.7. The number of ether oxygens (including phenoxy) is 7. The van der Waals surface area contributed by atoms with E-state index in [0.717, 1.165) is 20.8 Å². The highest BCUT2D eigenvalue weighted by Gasteiger charge is 2.53. The number of carbonyl (C=O) groups excluding carboxylic acids is 4. The van der Waals surface area contributed by atoms with Crippen LogP contribution in [-0.2, 0) is 42.9 Å². The van der Waals surface area contributed by atoms with Crippen LogP contribution < -0.4 is 9.47 Å². The van der Waals surface area contributed by atoms with Gasteiger partial charge in [0.2, 0.25) is 12.4 Å². The summed E-state index contributed by atoms with van der Waals surface area (Å²) in [6.45, 7) is 4.28. The van der Waals surface area contributed by atoms with Crippen molar-refractivity contribution in [3.05, 3.63) is 24.3 Å². The molecule has 2 rings (SSSR count). The van der Waals surface area contributed by atoms with E-state index >= 15 is 0 Å². The third-order valence-electron chi connectivity index (χ3n) is 4.26. The zero-order valence-electron chi connectivity index (χ0n) is 18.4. The largest absolute Gasteiger partial charge is 0.493 e. The van der Waals surface area contributed by atoms with Crippen LogP contribution in [0.2, 0.25) is 0 Å². The first kappa shape index (κ1) is 24.9. The summed E-state index contributed by atoms with van der Waals surface area (Å²) in [6.07, 6.45) is -6.31. The van der Waals surface area contributed by atoms with Crippen molar-refractivity contribution in [3.8, 4) is 11.5 Å². The summed E-state index contributed by atoms with van der Waals surface area (Å²) >= 11 is 0. The quantitative estimate of drug-likeness (QED) is 0.414. The SMILES string of the molecule is COc1ccccc1O[C@@H]1O[C@@H](COC(C)=O)[C@H](OC(C)=O)[C@H](OC(C)=O)[C@@H]1OC(C)=O. The second-order valence-corrected chi connectivity index (χ2v) is 6.84. The van der Waals surface area contributed by atoms with Gasteiger partial charge in [-0.2, -0.15) is 0 Å². The predicted octanol–water partition coefficient (Wildman–Crippen LogP) is 1.16. The van der Waals surface area contributed by atoms with E-state index in [-0.39, 0.29) is 12.4 Å². The van der Waals surface area contributed by atoms with Gasteiger partial charge in [0, 0.05) is 27.7 Å². The highest BCUT2D eigenvalue weighted by atomic mass is 16.7. The Morgan fingerprint density at radius 3 is 1.84 bits per heavy atom. The highest BCUT2D eigenvalue weighted by Crippen LogP contribution is 2.34. The molecule has 0 saturated carbocycles. The Morgan fingerprint density at radius 1 is 0.781 bits per heavy atom. The second kappa shape index (κ2) is 11.3. The molecule has 0 unspecified atom stereocenters. The number of benzene rings is 1. The third kappa shape index (κ3) is 6.84. The number of hydrogen-bond acceptors (Lipinski definition) is 11. The van der Waals surface area contributed by atoms with Crippen LogP contribution in [0.25, 0.3) is 0 Å². The Morgan fingerprint density at radius 2 is 1.31 bits per heavy atom. The smallest absolute Gasteiger partial charge is 0.303 e. The second-order valence-electron chi connectivity index (χ2n) is 6.84. The number of hydrogen-bond donors (Lipinski definition) is 0. The van der Waals surface area contributed by atoms with Gasteiger partial charge in [0.05, 0.1) is 7.11 Å². The van der Waals surface area contributed by atoms with Crippen LogP contribution in [0.1, 0.15) is 27.7 Å². The Bertz CT molecular complexity index is 837. The number of rotatable bonds is 8. The Kier molecular flexibility index (Phi) is 8.82. The van der Waals surface area contributed by atoms with Crippen molar-refractivity contribution in [1.29, 1.82) is 0 Å². The van der Waals surface area contributed by atoms with Crippen LogP contribution in [-0.4, -0.2) is 68.3 Å². The van der Waals surface area contributed by atoms with Crippen LogP contribution in [0.3, 0.4) is 0 Å². The first-order valence-corrected chi connectivity index (χ1v) is 9.72. The Balaban J connectivity index is 2.48. The Labute approximate surface area is 184 Å². The van der Waals surface area contributed by atoms with Crippen LogP contribution in [0, 0.1) is 0 Å². The van der Waals surface area contributed by atoms with Crippen LogP contribution >= 0.6 is 0 Å². The molecule has 0 amide bonds. The number of carbonyl (C=O) groups is 4. The maximum Gasteiger partial charge on any atom is 0.303 e. The molecule has 5 atom stereocenters. The molecule has 0 radical (unpaired) electrons. The van der Waals surface area contributed by atoms with Crippen LogP contribution in [0.4, 0.5) is 0 Å². The average Bonchev–Trinajstić information content (AvgIpc) is 2.70. The molecular formula is C21H26O11. The van der Waals surface area contributed by atoms with E-state index in [1.807, 2.05) is 0 Å². The molecule has 32 heavy (non-hydrogen) atoms. The fourth-order valence-corrected chi connectivity index (χ4v) is 3.12. The molecule has 11 heteroatoms. The molecule has 0 spiro atoms. The van der Waals surface area contributed by atoms with E-state index in [1.54, 1.807) is 24.3 Å². The van der Waals surface area contributed by atoms with Crippen molar-refractivity contribution in [2.45, 2.75) is 58.4 Å². The van der Waals surface area contributed by atoms with Gasteiger partial charge in [-0.25, -0.2) is 0 Å². The lowest BCUT2D eigenvalue weighted by Gasteiger charge is -2.43. The number of para-hydroxylation sites is 2. The van der Waals surface area contributed by atoms with Crippen molar-refractivity contribution >= 4 is 23.9 Å². The molecule has 1 saturated heterocycles. The zero-order valence-corrected chi connectivity index (χ0v) is 18.4. The van der Waals surface area contributed by atoms with Crippen LogP contribution in [0.15, 0.2) is 24.3 Å². The first-order chi connectivity index (χ1) is 15.1. The molecular weight excluding hydrogens is 428 g/mol. The molecule has 1 heterocycles. The van der Waals surface area contributed by atoms with Crippen LogP contribution in [0.5, 0.6) is 11.5 Å². The summed E-state index contributed by atoms with van der Waals surface area (Å²) in [5.41, 5.74) is 0. The first-order valence-electron chi connectivity index (χ1n) is 9.72. The molecule has 0 bridgehead atoms. The van der Waals surface area contributed by atoms with E-state index in [0.29, 0.717) is 5.75 Å². The lowest BCUT2D eigenvalue weighted by molar-refractivity contribution is -0.288. The van der Waals surface area contributed by atoms with Crippen molar-refractivity contribution in [1.82, 2.24) is 0 Å². The molecule has 0 aromatic heterocycles. The third-order valence-corrected chi connectivity index (χ3v) is 4.26. The van der Waals surface area contributed by atoms with E-state index in [1.165, 1.54) is 14.0 Å². The fraction of sp³-hybridized carbons (Fsp3) is 0.524. The van der Waals surface area contributed by atoms with Gasteiger partial charge < -0.3 is 33.2 Å². The van der Waals surface area contributed by atoms with Crippen molar-refractivity contribution in [3.63, 3.8) is 0 Å². The summed E-state index contributed by atoms with van der Waals surface area (Å²) in [5.74, 6) is -2.16. The number of methoxy groups -OCH3 is 1. The summed E-state index contributed by atoms with van der Waals surface area (Å²) < 4.78 is 38.1. The minimum atomic E-state index is -1.33. The highest BCUT2D eigenvalue weighted by molar-refractivity contribution is 5.68. The lowest BCUT2D eigenvalue weighted by atomic mass is 9.98. The lowest BCUT2D eigenvalue weighted by Crippen LogP contribution is -2.63.